The maximum atomic E-state index is 6.44. The number of furan rings is 2. The van der Waals surface area contributed by atoms with Crippen molar-refractivity contribution >= 4 is 49.5 Å². The maximum absolute atomic E-state index is 6.44. The minimum absolute atomic E-state index is 0.237. The Balaban J connectivity index is 0.984. The van der Waals surface area contributed by atoms with Crippen LogP contribution in [0.25, 0.3) is 71.7 Å². The van der Waals surface area contributed by atoms with E-state index in [1.807, 2.05) is 12.1 Å². The zero-order valence-electron chi connectivity index (χ0n) is 30.2. The van der Waals surface area contributed by atoms with Crippen molar-refractivity contribution < 1.29 is 8.83 Å². The highest BCUT2D eigenvalue weighted by Gasteiger charge is 2.34. The van der Waals surface area contributed by atoms with Crippen molar-refractivity contribution in [2.45, 2.75) is 31.6 Å². The van der Waals surface area contributed by atoms with Crippen LogP contribution in [-0.4, -0.2) is 0 Å². The van der Waals surface area contributed by atoms with Crippen LogP contribution in [0.1, 0.15) is 42.0 Å². The van der Waals surface area contributed by atoms with E-state index >= 15 is 0 Å². The van der Waals surface area contributed by atoms with E-state index in [4.69, 9.17) is 8.83 Å². The van der Waals surface area contributed by atoms with Crippen LogP contribution in [0.3, 0.4) is 0 Å². The van der Waals surface area contributed by atoms with Gasteiger partial charge in [-0.05, 0) is 81.8 Å². The van der Waals surface area contributed by atoms with Gasteiger partial charge in [0.15, 0.2) is 0 Å². The van der Waals surface area contributed by atoms with Gasteiger partial charge in [-0.2, -0.15) is 0 Å². The topological polar surface area (TPSA) is 26.3 Å². The van der Waals surface area contributed by atoms with Gasteiger partial charge in [0, 0.05) is 38.1 Å². The van der Waals surface area contributed by atoms with Gasteiger partial charge in [-0.3, -0.25) is 0 Å². The van der Waals surface area contributed by atoms with Crippen molar-refractivity contribution in [2.75, 3.05) is 0 Å². The molecule has 0 spiro atoms. The van der Waals surface area contributed by atoms with Crippen LogP contribution in [0.15, 0.2) is 184 Å². The summed E-state index contributed by atoms with van der Waals surface area (Å²) in [4.78, 5) is 0. The Labute approximate surface area is 314 Å². The lowest BCUT2D eigenvalue weighted by molar-refractivity contribution is 0.437. The Morgan fingerprint density at radius 2 is 1.02 bits per heavy atom. The molecule has 2 aliphatic rings. The zero-order chi connectivity index (χ0) is 35.8. The molecule has 0 N–H and O–H groups in total. The highest BCUT2D eigenvalue weighted by molar-refractivity contribution is 6.10. The lowest BCUT2D eigenvalue weighted by atomic mass is 9.68. The molecular formula is C52H38O2. The molecule has 2 aliphatic carbocycles. The molecule has 0 bridgehead atoms. The summed E-state index contributed by atoms with van der Waals surface area (Å²) in [5.41, 5.74) is 16.6. The molecule has 0 saturated heterocycles. The molecule has 0 aliphatic heterocycles. The second kappa shape index (κ2) is 12.1. The molecule has 7 aromatic carbocycles. The Kier molecular flexibility index (Phi) is 6.97. The number of para-hydroxylation sites is 4. The summed E-state index contributed by atoms with van der Waals surface area (Å²) in [6.07, 6.45) is 8.01. The number of hydrogen-bond acceptors (Lipinski definition) is 2. The van der Waals surface area contributed by atoms with Crippen molar-refractivity contribution in [3.63, 3.8) is 0 Å². The fourth-order valence-electron chi connectivity index (χ4n) is 9.49. The summed E-state index contributed by atoms with van der Waals surface area (Å²) in [6, 6.07) is 57.1. The molecule has 1 unspecified atom stereocenters. The minimum atomic E-state index is -0.237. The second-order valence-corrected chi connectivity index (χ2v) is 15.4. The normalized spacial score (nSPS) is 15.5. The third-order valence-corrected chi connectivity index (χ3v) is 12.3. The van der Waals surface area contributed by atoms with Gasteiger partial charge in [-0.15, -0.1) is 0 Å². The second-order valence-electron chi connectivity index (χ2n) is 15.4. The number of allylic oxidation sites excluding steroid dienone is 4. The van der Waals surface area contributed by atoms with Crippen molar-refractivity contribution in [2.24, 2.45) is 5.92 Å². The van der Waals surface area contributed by atoms with Crippen LogP contribution >= 0.6 is 0 Å². The molecule has 0 amide bonds. The molecule has 0 fully saturated rings. The van der Waals surface area contributed by atoms with Crippen molar-refractivity contribution in [3.05, 3.63) is 198 Å². The summed E-state index contributed by atoms with van der Waals surface area (Å²) < 4.78 is 12.9. The first-order valence-electron chi connectivity index (χ1n) is 19.1. The molecule has 2 heteroatoms. The van der Waals surface area contributed by atoms with Crippen molar-refractivity contribution in [3.8, 4) is 22.3 Å². The summed E-state index contributed by atoms with van der Waals surface area (Å²) in [7, 11) is 0. The lowest BCUT2D eigenvalue weighted by Gasteiger charge is -2.35. The smallest absolute Gasteiger partial charge is 0.143 e. The van der Waals surface area contributed by atoms with Crippen LogP contribution in [0, 0.1) is 5.92 Å². The predicted octanol–water partition coefficient (Wildman–Crippen LogP) is 14.1. The van der Waals surface area contributed by atoms with E-state index in [1.54, 1.807) is 0 Å². The number of benzene rings is 7. The predicted molar refractivity (Wildman–Crippen MR) is 224 cm³/mol. The average molecular weight is 695 g/mol. The fourth-order valence-corrected chi connectivity index (χ4v) is 9.49. The van der Waals surface area contributed by atoms with Gasteiger partial charge < -0.3 is 8.83 Å². The van der Waals surface area contributed by atoms with E-state index in [1.165, 1.54) is 33.4 Å². The van der Waals surface area contributed by atoms with Gasteiger partial charge in [0.1, 0.15) is 22.3 Å². The van der Waals surface area contributed by atoms with E-state index in [0.717, 1.165) is 85.4 Å². The first-order chi connectivity index (χ1) is 26.6. The standard InChI is InChI=1S/C52H38O2/c1-52(32-33-20-21-37-31-36-10-2-3-11-40(36)47(37)30-33,38-26-22-34(23-27-38)41-14-8-16-45-43-12-4-6-18-48(43)53-50(41)45)39-28-24-35(25-29-39)42-15-9-17-46-44-13-5-7-19-49(44)54-51(42)46/h2-29,33H,30-32H2,1H3. The molecule has 1 atom stereocenters. The Morgan fingerprint density at radius 3 is 1.61 bits per heavy atom. The van der Waals surface area contributed by atoms with Gasteiger partial charge in [0.05, 0.1) is 0 Å². The summed E-state index contributed by atoms with van der Waals surface area (Å²) in [6.45, 7) is 2.44. The summed E-state index contributed by atoms with van der Waals surface area (Å²) in [5, 5.41) is 4.62. The molecule has 2 nitrogen and oxygen atoms in total. The third-order valence-electron chi connectivity index (χ3n) is 12.3. The van der Waals surface area contributed by atoms with E-state index in [0.29, 0.717) is 5.92 Å². The summed E-state index contributed by atoms with van der Waals surface area (Å²) >= 11 is 0. The van der Waals surface area contributed by atoms with Crippen LogP contribution in [0.2, 0.25) is 0 Å². The van der Waals surface area contributed by atoms with Gasteiger partial charge >= 0.3 is 0 Å². The Bertz CT molecular complexity index is 2810. The molecule has 258 valence electrons. The summed E-state index contributed by atoms with van der Waals surface area (Å²) in [5.74, 6) is 0.410. The van der Waals surface area contributed by atoms with Crippen molar-refractivity contribution in [1.82, 2.24) is 0 Å². The molecular weight excluding hydrogens is 657 g/mol. The lowest BCUT2D eigenvalue weighted by Crippen LogP contribution is -2.27. The van der Waals surface area contributed by atoms with E-state index < -0.39 is 0 Å². The Morgan fingerprint density at radius 1 is 0.519 bits per heavy atom. The van der Waals surface area contributed by atoms with Crippen molar-refractivity contribution in [1.29, 1.82) is 0 Å². The first kappa shape index (κ1) is 31.2. The third kappa shape index (κ3) is 4.87. The van der Waals surface area contributed by atoms with Gasteiger partial charge in [0.25, 0.3) is 0 Å². The van der Waals surface area contributed by atoms with Crippen LogP contribution in [0.5, 0.6) is 0 Å². The van der Waals surface area contributed by atoms with Crippen LogP contribution < -0.4 is 0 Å². The molecule has 2 heterocycles. The number of fused-ring (bicyclic) bond motifs is 8. The molecule has 54 heavy (non-hydrogen) atoms. The maximum Gasteiger partial charge on any atom is 0.143 e. The molecule has 0 radical (unpaired) electrons. The largest absolute Gasteiger partial charge is 0.455 e. The monoisotopic (exact) mass is 694 g/mol. The fraction of sp³-hybridized carbons (Fsp3) is 0.115. The van der Waals surface area contributed by atoms with E-state index in [9.17, 15) is 0 Å². The van der Waals surface area contributed by atoms with E-state index in [-0.39, 0.29) is 5.41 Å². The number of rotatable bonds is 6. The molecule has 2 aromatic heterocycles. The molecule has 11 rings (SSSR count). The average Bonchev–Trinajstić information content (AvgIpc) is 3.92. The van der Waals surface area contributed by atoms with Gasteiger partial charge in [0.2, 0.25) is 0 Å². The molecule has 9 aromatic rings. The minimum Gasteiger partial charge on any atom is -0.455 e. The van der Waals surface area contributed by atoms with Gasteiger partial charge in [-0.1, -0.05) is 165 Å². The highest BCUT2D eigenvalue weighted by Crippen LogP contribution is 2.47. The zero-order valence-corrected chi connectivity index (χ0v) is 30.2. The van der Waals surface area contributed by atoms with Crippen LogP contribution in [-0.2, 0) is 11.8 Å². The van der Waals surface area contributed by atoms with Crippen LogP contribution in [0.4, 0.5) is 0 Å². The first-order valence-corrected chi connectivity index (χ1v) is 19.1. The van der Waals surface area contributed by atoms with Gasteiger partial charge in [-0.25, -0.2) is 0 Å². The quantitative estimate of drug-likeness (QED) is 0.173. The highest BCUT2D eigenvalue weighted by atomic mass is 16.3. The van der Waals surface area contributed by atoms with E-state index in [2.05, 4.69) is 165 Å². The SMILES string of the molecule is CC(CC1C=CC2=C(C1)c1ccccc1C2)(c1ccc(-c2cccc3c2oc2ccccc23)cc1)c1ccc(-c2cccc3c2oc2ccccc23)cc1. The Hall–Kier alpha value is -6.38. The number of hydrogen-bond donors (Lipinski definition) is 0. The molecule has 0 saturated carbocycles.